The molecule has 0 amide bonds. The molecule has 0 spiro atoms. The molecule has 5 heteroatoms. The maximum absolute atomic E-state index is 11.0. The van der Waals surface area contributed by atoms with E-state index in [1.54, 1.807) is 6.26 Å². The highest BCUT2D eigenvalue weighted by molar-refractivity contribution is 6.86. The van der Waals surface area contributed by atoms with Gasteiger partial charge in [0.25, 0.3) is 0 Å². The molecule has 0 saturated carbocycles. The Kier molecular flexibility index (Phi) is 8.39. The van der Waals surface area contributed by atoms with Gasteiger partial charge in [-0.15, -0.1) is 0 Å². The number of esters is 2. The summed E-state index contributed by atoms with van der Waals surface area (Å²) in [6.45, 7) is 9.72. The van der Waals surface area contributed by atoms with Crippen LogP contribution in [0, 0.1) is 0 Å². The van der Waals surface area contributed by atoms with Crippen molar-refractivity contribution in [3.05, 3.63) is 11.5 Å². The summed E-state index contributed by atoms with van der Waals surface area (Å²) in [6, 6.07) is 3.31. The fourth-order valence-electron chi connectivity index (χ4n) is 2.34. The Balaban J connectivity index is 4.97. The molecule has 0 bridgehead atoms. The van der Waals surface area contributed by atoms with Gasteiger partial charge in [-0.1, -0.05) is 38.9 Å². The van der Waals surface area contributed by atoms with E-state index >= 15 is 0 Å². The average Bonchev–Trinajstić information content (AvgIpc) is 2.37. The summed E-state index contributed by atoms with van der Waals surface area (Å²) in [7, 11) is -1.59. The quantitative estimate of drug-likeness (QED) is 0.390. The van der Waals surface area contributed by atoms with Gasteiger partial charge in [-0.2, -0.15) is 0 Å². The van der Waals surface area contributed by atoms with Gasteiger partial charge < -0.3 is 9.47 Å². The minimum Gasteiger partial charge on any atom is -0.466 e. The Morgan fingerprint density at radius 2 is 1.53 bits per heavy atom. The van der Waals surface area contributed by atoms with Crippen LogP contribution < -0.4 is 0 Å². The third-order valence-electron chi connectivity index (χ3n) is 3.76. The van der Waals surface area contributed by atoms with Crippen molar-refractivity contribution in [2.24, 2.45) is 0 Å². The van der Waals surface area contributed by atoms with Crippen molar-refractivity contribution in [1.82, 2.24) is 0 Å². The highest BCUT2D eigenvalue weighted by Crippen LogP contribution is 2.30. The lowest BCUT2D eigenvalue weighted by Crippen LogP contribution is -2.35. The maximum Gasteiger partial charge on any atom is 0.307 e. The van der Waals surface area contributed by atoms with Crippen molar-refractivity contribution in [2.75, 3.05) is 6.61 Å². The second-order valence-corrected chi connectivity index (χ2v) is 10.0. The fourth-order valence-corrected chi connectivity index (χ4v) is 6.14. The minimum atomic E-state index is -1.59. The predicted molar refractivity (Wildman–Crippen MR) is 78.3 cm³/mol. The van der Waals surface area contributed by atoms with Crippen molar-refractivity contribution >= 4 is 20.0 Å². The standard InChI is InChI=1S/C14H26O4Si/c1-6-19(7-2,8-3)14(11-18-13(5)16)9-10-17-12(4)15/h11H,6-10H2,1-5H3/b14-11+. The summed E-state index contributed by atoms with van der Waals surface area (Å²) in [5.41, 5.74) is 0. The first-order valence-corrected chi connectivity index (χ1v) is 9.54. The molecular formula is C14H26O4Si. The van der Waals surface area contributed by atoms with E-state index in [2.05, 4.69) is 20.8 Å². The van der Waals surface area contributed by atoms with Gasteiger partial charge in [-0.3, -0.25) is 9.59 Å². The van der Waals surface area contributed by atoms with Crippen molar-refractivity contribution in [3.8, 4) is 0 Å². The molecule has 0 fully saturated rings. The molecule has 0 heterocycles. The Bertz CT molecular complexity index is 324. The molecule has 0 aromatic rings. The lowest BCUT2D eigenvalue weighted by molar-refractivity contribution is -0.141. The molecule has 0 aliphatic rings. The van der Waals surface area contributed by atoms with Crippen LogP contribution in [-0.2, 0) is 19.1 Å². The number of hydrogen-bond donors (Lipinski definition) is 0. The molecule has 0 atom stereocenters. The third kappa shape index (κ3) is 6.05. The van der Waals surface area contributed by atoms with Crippen LogP contribution in [0.3, 0.4) is 0 Å². The van der Waals surface area contributed by atoms with Crippen molar-refractivity contribution in [3.63, 3.8) is 0 Å². The van der Waals surface area contributed by atoms with Crippen LogP contribution in [-0.4, -0.2) is 26.6 Å². The zero-order valence-corrected chi connectivity index (χ0v) is 13.7. The van der Waals surface area contributed by atoms with Gasteiger partial charge in [0, 0.05) is 20.3 Å². The number of hydrogen-bond acceptors (Lipinski definition) is 4. The van der Waals surface area contributed by atoms with Crippen LogP contribution in [0.15, 0.2) is 11.5 Å². The number of carbonyl (C=O) groups excluding carboxylic acids is 2. The molecule has 0 aliphatic heterocycles. The average molecular weight is 286 g/mol. The Morgan fingerprint density at radius 1 is 1.00 bits per heavy atom. The second kappa shape index (κ2) is 8.91. The molecular weight excluding hydrogens is 260 g/mol. The summed E-state index contributed by atoms with van der Waals surface area (Å²) < 4.78 is 10.1. The summed E-state index contributed by atoms with van der Waals surface area (Å²) in [5, 5.41) is 1.18. The van der Waals surface area contributed by atoms with E-state index in [0.29, 0.717) is 13.0 Å². The van der Waals surface area contributed by atoms with Crippen molar-refractivity contribution < 1.29 is 19.1 Å². The first-order valence-electron chi connectivity index (χ1n) is 6.92. The number of rotatable bonds is 8. The first kappa shape index (κ1) is 17.9. The summed E-state index contributed by atoms with van der Waals surface area (Å²) in [6.07, 6.45) is 2.27. The van der Waals surface area contributed by atoms with Gasteiger partial charge >= 0.3 is 11.9 Å². The van der Waals surface area contributed by atoms with Crippen LogP contribution in [0.25, 0.3) is 0 Å². The molecule has 0 aromatic heterocycles. The van der Waals surface area contributed by atoms with Crippen LogP contribution in [0.5, 0.6) is 0 Å². The van der Waals surface area contributed by atoms with Crippen molar-refractivity contribution in [1.29, 1.82) is 0 Å². The van der Waals surface area contributed by atoms with Gasteiger partial charge in [0.05, 0.1) is 20.9 Å². The Morgan fingerprint density at radius 3 is 1.89 bits per heavy atom. The van der Waals surface area contributed by atoms with E-state index in [1.807, 2.05) is 0 Å². The van der Waals surface area contributed by atoms with Crippen LogP contribution in [0.1, 0.15) is 41.0 Å². The third-order valence-corrected chi connectivity index (χ3v) is 9.55. The van der Waals surface area contributed by atoms with Gasteiger partial charge in [0.1, 0.15) is 0 Å². The summed E-state index contributed by atoms with van der Waals surface area (Å²) in [4.78, 5) is 21.8. The van der Waals surface area contributed by atoms with Gasteiger partial charge in [0.15, 0.2) is 0 Å². The Labute approximate surface area is 117 Å². The lowest BCUT2D eigenvalue weighted by atomic mass is 10.4. The number of ether oxygens (including phenoxy) is 2. The fraction of sp³-hybridized carbons (Fsp3) is 0.714. The van der Waals surface area contributed by atoms with E-state index in [0.717, 1.165) is 18.1 Å². The predicted octanol–water partition coefficient (Wildman–Crippen LogP) is 3.43. The van der Waals surface area contributed by atoms with Crippen LogP contribution in [0.4, 0.5) is 0 Å². The lowest BCUT2D eigenvalue weighted by Gasteiger charge is -2.30. The molecule has 0 radical (unpaired) electrons. The molecule has 0 N–H and O–H groups in total. The normalized spacial score (nSPS) is 12.2. The van der Waals surface area contributed by atoms with Crippen LogP contribution >= 0.6 is 0 Å². The molecule has 0 rings (SSSR count). The molecule has 110 valence electrons. The van der Waals surface area contributed by atoms with Crippen LogP contribution in [0.2, 0.25) is 18.1 Å². The highest BCUT2D eigenvalue weighted by Gasteiger charge is 2.31. The van der Waals surface area contributed by atoms with E-state index < -0.39 is 8.07 Å². The molecule has 0 saturated heterocycles. The topological polar surface area (TPSA) is 52.6 Å². The zero-order valence-electron chi connectivity index (χ0n) is 12.7. The van der Waals surface area contributed by atoms with E-state index in [4.69, 9.17) is 9.47 Å². The van der Waals surface area contributed by atoms with E-state index in [9.17, 15) is 9.59 Å². The molecule has 0 aliphatic carbocycles. The van der Waals surface area contributed by atoms with E-state index in [-0.39, 0.29) is 11.9 Å². The van der Waals surface area contributed by atoms with Crippen molar-refractivity contribution in [2.45, 2.75) is 59.2 Å². The highest BCUT2D eigenvalue weighted by atomic mass is 28.3. The van der Waals surface area contributed by atoms with Gasteiger partial charge in [-0.25, -0.2) is 0 Å². The van der Waals surface area contributed by atoms with Gasteiger partial charge in [0.2, 0.25) is 0 Å². The van der Waals surface area contributed by atoms with Gasteiger partial charge in [-0.05, 0) is 5.20 Å². The Hall–Kier alpha value is -1.10. The first-order chi connectivity index (χ1) is 8.91. The smallest absolute Gasteiger partial charge is 0.307 e. The number of carbonyl (C=O) groups is 2. The molecule has 19 heavy (non-hydrogen) atoms. The second-order valence-electron chi connectivity index (χ2n) is 4.68. The van der Waals surface area contributed by atoms with E-state index in [1.165, 1.54) is 19.0 Å². The molecule has 0 unspecified atom stereocenters. The molecule has 0 aromatic carbocycles. The monoisotopic (exact) mass is 286 g/mol. The minimum absolute atomic E-state index is 0.274. The summed E-state index contributed by atoms with van der Waals surface area (Å²) >= 11 is 0. The molecule has 4 nitrogen and oxygen atoms in total. The summed E-state index contributed by atoms with van der Waals surface area (Å²) in [5.74, 6) is -0.584. The largest absolute Gasteiger partial charge is 0.466 e. The SMILES string of the molecule is CC[Si](CC)(CC)/C(=C/OC(C)=O)CCOC(C)=O. The maximum atomic E-state index is 11.0. The zero-order chi connectivity index (χ0) is 14.9.